The summed E-state index contributed by atoms with van der Waals surface area (Å²) in [6.45, 7) is 12.4. The molecule has 0 aliphatic heterocycles. The molecule has 0 amide bonds. The molecule has 46 heavy (non-hydrogen) atoms. The van der Waals surface area contributed by atoms with Crippen molar-refractivity contribution in [2.45, 2.75) is 19.8 Å². The molecular weight excluding hydrogens is 606 g/mol. The first-order chi connectivity index (χ1) is 22.7. The number of hydrogen-bond acceptors (Lipinski definition) is 14. The van der Waals surface area contributed by atoms with Crippen LogP contribution in [0.5, 0.6) is 5.75 Å². The monoisotopic (exact) mass is 663 g/mol. The van der Waals surface area contributed by atoms with E-state index in [2.05, 4.69) is 0 Å². The van der Waals surface area contributed by atoms with Crippen molar-refractivity contribution in [2.75, 3.05) is 151 Å². The summed E-state index contributed by atoms with van der Waals surface area (Å²) < 4.78 is 65.0. The maximum Gasteiger partial charge on any atom is 0.305 e. The van der Waals surface area contributed by atoms with Crippen LogP contribution in [0.1, 0.15) is 19.8 Å². The Kier molecular flexibility index (Phi) is 31.2. The van der Waals surface area contributed by atoms with Crippen molar-refractivity contribution >= 4 is 11.7 Å². The van der Waals surface area contributed by atoms with Crippen molar-refractivity contribution in [3.8, 4) is 5.75 Å². The van der Waals surface area contributed by atoms with E-state index in [9.17, 15) is 4.79 Å². The SMILES string of the molecule is CCCC(=O)OCCOCCOCCOCCOCCOCCOCCOCCOCCOCCOCCOc1ccc(N)cc1. The Labute approximate surface area is 274 Å². The summed E-state index contributed by atoms with van der Waals surface area (Å²) >= 11 is 0. The van der Waals surface area contributed by atoms with Gasteiger partial charge in [-0.3, -0.25) is 4.79 Å². The number of benzene rings is 1. The van der Waals surface area contributed by atoms with Crippen LogP contribution in [0.15, 0.2) is 24.3 Å². The molecule has 0 unspecified atom stereocenters. The number of ether oxygens (including phenoxy) is 12. The van der Waals surface area contributed by atoms with E-state index in [1.807, 2.05) is 19.1 Å². The Morgan fingerprint density at radius 2 is 0.739 bits per heavy atom. The van der Waals surface area contributed by atoms with E-state index >= 15 is 0 Å². The highest BCUT2D eigenvalue weighted by Gasteiger charge is 2.00. The highest BCUT2D eigenvalue weighted by atomic mass is 16.6. The third-order valence-electron chi connectivity index (χ3n) is 5.67. The van der Waals surface area contributed by atoms with Crippen LogP contribution in [0, 0.1) is 0 Å². The van der Waals surface area contributed by atoms with E-state index in [0.717, 1.165) is 12.2 Å². The summed E-state index contributed by atoms with van der Waals surface area (Å²) in [5.74, 6) is 0.579. The Morgan fingerprint density at radius 1 is 0.457 bits per heavy atom. The molecule has 1 rings (SSSR count). The number of nitrogen functional groups attached to an aromatic ring is 1. The van der Waals surface area contributed by atoms with Crippen LogP contribution in [0.25, 0.3) is 0 Å². The molecule has 0 spiro atoms. The molecule has 0 bridgehead atoms. The number of anilines is 1. The first-order valence-corrected chi connectivity index (χ1v) is 16.1. The van der Waals surface area contributed by atoms with Gasteiger partial charge in [0.2, 0.25) is 0 Å². The van der Waals surface area contributed by atoms with E-state index in [1.54, 1.807) is 12.1 Å². The lowest BCUT2D eigenvalue weighted by Crippen LogP contribution is -2.15. The summed E-state index contributed by atoms with van der Waals surface area (Å²) in [4.78, 5) is 11.2. The van der Waals surface area contributed by atoms with Gasteiger partial charge in [0.05, 0.1) is 132 Å². The molecule has 1 aromatic carbocycles. The number of carbonyl (C=O) groups excluding carboxylic acids is 1. The fraction of sp³-hybridized carbons (Fsp3) is 0.781. The third kappa shape index (κ3) is 30.5. The van der Waals surface area contributed by atoms with E-state index in [-0.39, 0.29) is 12.6 Å². The van der Waals surface area contributed by atoms with Gasteiger partial charge in [-0.25, -0.2) is 0 Å². The van der Waals surface area contributed by atoms with Gasteiger partial charge >= 0.3 is 5.97 Å². The number of esters is 1. The molecule has 0 aliphatic carbocycles. The van der Waals surface area contributed by atoms with Crippen molar-refractivity contribution in [3.05, 3.63) is 24.3 Å². The minimum Gasteiger partial charge on any atom is -0.491 e. The van der Waals surface area contributed by atoms with Crippen molar-refractivity contribution in [1.82, 2.24) is 0 Å². The molecule has 0 aromatic heterocycles. The Balaban J connectivity index is 1.63. The second-order valence-corrected chi connectivity index (χ2v) is 9.51. The third-order valence-corrected chi connectivity index (χ3v) is 5.67. The summed E-state index contributed by atoms with van der Waals surface area (Å²) in [7, 11) is 0. The highest BCUT2D eigenvalue weighted by Crippen LogP contribution is 2.12. The zero-order valence-electron chi connectivity index (χ0n) is 27.7. The van der Waals surface area contributed by atoms with Crippen molar-refractivity contribution in [1.29, 1.82) is 0 Å². The molecule has 268 valence electrons. The lowest BCUT2D eigenvalue weighted by molar-refractivity contribution is -0.145. The first-order valence-electron chi connectivity index (χ1n) is 16.1. The van der Waals surface area contributed by atoms with Gasteiger partial charge in [-0.1, -0.05) is 6.92 Å². The van der Waals surface area contributed by atoms with Crippen LogP contribution < -0.4 is 10.5 Å². The van der Waals surface area contributed by atoms with Crippen LogP contribution in [0.3, 0.4) is 0 Å². The molecule has 0 radical (unpaired) electrons. The van der Waals surface area contributed by atoms with Crippen molar-refractivity contribution in [3.63, 3.8) is 0 Å². The van der Waals surface area contributed by atoms with Crippen molar-refractivity contribution in [2.24, 2.45) is 0 Å². The predicted molar refractivity (Wildman–Crippen MR) is 170 cm³/mol. The minimum absolute atomic E-state index is 0.190. The van der Waals surface area contributed by atoms with Gasteiger partial charge in [0.1, 0.15) is 19.0 Å². The summed E-state index contributed by atoms with van der Waals surface area (Å²) in [5, 5.41) is 0. The van der Waals surface area contributed by atoms with Gasteiger partial charge in [0.15, 0.2) is 0 Å². The van der Waals surface area contributed by atoms with Gasteiger partial charge in [0.25, 0.3) is 0 Å². The molecule has 0 heterocycles. The van der Waals surface area contributed by atoms with Crippen LogP contribution >= 0.6 is 0 Å². The van der Waals surface area contributed by atoms with Crippen LogP contribution in [0.2, 0.25) is 0 Å². The Morgan fingerprint density at radius 3 is 1.04 bits per heavy atom. The summed E-state index contributed by atoms with van der Waals surface area (Å²) in [6, 6.07) is 7.25. The normalized spacial score (nSPS) is 11.2. The topological polar surface area (TPSA) is 154 Å². The standard InChI is InChI=1S/C32H57NO13/c1-2-3-32(34)46-29-27-44-25-23-42-21-19-40-17-15-38-13-11-36-9-8-35-10-12-37-14-16-39-18-20-41-22-24-43-26-28-45-31-6-4-30(33)5-7-31/h4-7H,2-3,8-29,33H2,1H3. The molecule has 1 aromatic rings. The van der Waals surface area contributed by atoms with Crippen molar-refractivity contribution < 1.29 is 61.6 Å². The smallest absolute Gasteiger partial charge is 0.305 e. The van der Waals surface area contributed by atoms with Crippen LogP contribution in [0.4, 0.5) is 5.69 Å². The second-order valence-electron chi connectivity index (χ2n) is 9.51. The van der Waals surface area contributed by atoms with Gasteiger partial charge in [-0.2, -0.15) is 0 Å². The molecule has 0 saturated heterocycles. The van der Waals surface area contributed by atoms with E-state index in [4.69, 9.17) is 62.6 Å². The first kappa shape index (κ1) is 41.9. The summed E-state index contributed by atoms with van der Waals surface area (Å²) in [5.41, 5.74) is 6.35. The molecule has 0 fully saturated rings. The zero-order valence-corrected chi connectivity index (χ0v) is 27.7. The van der Waals surface area contributed by atoms with Gasteiger partial charge in [0, 0.05) is 12.1 Å². The average molecular weight is 664 g/mol. The molecule has 14 heteroatoms. The lowest BCUT2D eigenvalue weighted by Gasteiger charge is -2.09. The molecular formula is C32H57NO13. The molecule has 0 atom stereocenters. The average Bonchev–Trinajstić information content (AvgIpc) is 3.06. The van der Waals surface area contributed by atoms with Gasteiger partial charge < -0.3 is 62.6 Å². The largest absolute Gasteiger partial charge is 0.491 e. The van der Waals surface area contributed by atoms with E-state index in [0.29, 0.717) is 151 Å². The quantitative estimate of drug-likeness (QED) is 0.0634. The van der Waals surface area contributed by atoms with Gasteiger partial charge in [-0.15, -0.1) is 0 Å². The van der Waals surface area contributed by atoms with E-state index in [1.165, 1.54) is 0 Å². The minimum atomic E-state index is -0.190. The zero-order chi connectivity index (χ0) is 33.0. The maximum atomic E-state index is 11.2. The number of hydrogen-bond donors (Lipinski definition) is 1. The second kappa shape index (κ2) is 34.2. The maximum absolute atomic E-state index is 11.2. The molecule has 14 nitrogen and oxygen atoms in total. The van der Waals surface area contributed by atoms with Crippen LogP contribution in [-0.4, -0.2) is 151 Å². The number of nitrogens with two attached hydrogens (primary N) is 1. The Hall–Kier alpha value is -2.11. The van der Waals surface area contributed by atoms with Crippen LogP contribution in [-0.2, 0) is 56.9 Å². The predicted octanol–water partition coefficient (Wildman–Crippen LogP) is 2.16. The number of rotatable bonds is 36. The number of carbonyl (C=O) groups is 1. The molecule has 0 aliphatic rings. The van der Waals surface area contributed by atoms with Gasteiger partial charge in [-0.05, 0) is 30.7 Å². The fourth-order valence-corrected chi connectivity index (χ4v) is 3.35. The molecule has 0 saturated carbocycles. The Bertz CT molecular complexity index is 773. The highest BCUT2D eigenvalue weighted by molar-refractivity contribution is 5.69. The molecule has 2 N–H and O–H groups in total. The lowest BCUT2D eigenvalue weighted by atomic mass is 10.3. The fourth-order valence-electron chi connectivity index (χ4n) is 3.35. The van der Waals surface area contributed by atoms with E-state index < -0.39 is 0 Å². The summed E-state index contributed by atoms with van der Waals surface area (Å²) in [6.07, 6.45) is 1.22.